The third kappa shape index (κ3) is 6.86. The molecule has 0 saturated heterocycles. The van der Waals surface area contributed by atoms with E-state index < -0.39 is 0 Å². The van der Waals surface area contributed by atoms with Gasteiger partial charge in [-0.25, -0.2) is 0 Å². The van der Waals surface area contributed by atoms with E-state index >= 15 is 0 Å². The summed E-state index contributed by atoms with van der Waals surface area (Å²) in [4.78, 5) is 23.4. The number of ether oxygens (including phenoxy) is 5. The first-order chi connectivity index (χ1) is 14.5. The number of Topliss-reactive ketones (excluding diaryl/α,β-unsaturated/α-hetero) is 1. The van der Waals surface area contributed by atoms with Crippen LogP contribution in [0.5, 0.6) is 11.5 Å². The summed E-state index contributed by atoms with van der Waals surface area (Å²) in [5, 5.41) is 0. The summed E-state index contributed by atoms with van der Waals surface area (Å²) in [7, 11) is 4.40. The molecule has 0 spiro atoms. The summed E-state index contributed by atoms with van der Waals surface area (Å²) in [6.07, 6.45) is 1.14. The number of ketones is 1. The molecule has 0 N–H and O–H groups in total. The highest BCUT2D eigenvalue weighted by atomic mass is 16.7. The first kappa shape index (κ1) is 23.4. The predicted octanol–water partition coefficient (Wildman–Crippen LogP) is 3.56. The van der Waals surface area contributed by atoms with Crippen LogP contribution >= 0.6 is 0 Å². The van der Waals surface area contributed by atoms with Gasteiger partial charge in [-0.2, -0.15) is 0 Å². The van der Waals surface area contributed by atoms with Crippen LogP contribution in [0.15, 0.2) is 36.4 Å². The van der Waals surface area contributed by atoms with E-state index in [1.54, 1.807) is 19.1 Å². The molecule has 2 aromatic carbocycles. The molecule has 0 fully saturated rings. The van der Waals surface area contributed by atoms with Crippen LogP contribution in [0.25, 0.3) is 11.1 Å². The van der Waals surface area contributed by atoms with E-state index in [0.29, 0.717) is 29.9 Å². The average Bonchev–Trinajstić information content (AvgIpc) is 2.74. The molecule has 0 bridgehead atoms. The van der Waals surface area contributed by atoms with E-state index in [0.717, 1.165) is 16.7 Å². The van der Waals surface area contributed by atoms with Crippen LogP contribution in [0, 0.1) is 0 Å². The zero-order chi connectivity index (χ0) is 21.9. The highest BCUT2D eigenvalue weighted by Gasteiger charge is 2.18. The van der Waals surface area contributed by atoms with Gasteiger partial charge in [0.05, 0.1) is 13.5 Å². The van der Waals surface area contributed by atoms with Crippen LogP contribution in [-0.2, 0) is 36.6 Å². The number of rotatable bonds is 12. The molecule has 0 aliphatic rings. The minimum atomic E-state index is -0.384. The third-order valence-electron chi connectivity index (χ3n) is 4.38. The van der Waals surface area contributed by atoms with E-state index in [-0.39, 0.29) is 31.8 Å². The van der Waals surface area contributed by atoms with Gasteiger partial charge < -0.3 is 28.5 Å². The van der Waals surface area contributed by atoms with Crippen molar-refractivity contribution in [1.82, 2.24) is 0 Å². The number of benzene rings is 2. The molecule has 0 unspecified atom stereocenters. The summed E-state index contributed by atoms with van der Waals surface area (Å²) in [5.41, 5.74) is 3.31. The second kappa shape index (κ2) is 11.9. The van der Waals surface area contributed by atoms with E-state index in [4.69, 9.17) is 23.7 Å². The predicted molar refractivity (Wildman–Crippen MR) is 112 cm³/mol. The fourth-order valence-electron chi connectivity index (χ4n) is 2.99. The lowest BCUT2D eigenvalue weighted by Gasteiger charge is -2.18. The Labute approximate surface area is 176 Å². The number of carbonyl (C=O) groups is 2. The molecule has 2 aromatic rings. The van der Waals surface area contributed by atoms with Crippen molar-refractivity contribution in [2.45, 2.75) is 26.2 Å². The number of methoxy groups -OCH3 is 3. The van der Waals surface area contributed by atoms with Crippen molar-refractivity contribution >= 4 is 11.8 Å². The first-order valence-electron chi connectivity index (χ1n) is 9.54. The second-order valence-corrected chi connectivity index (χ2v) is 6.71. The van der Waals surface area contributed by atoms with Gasteiger partial charge in [0.1, 0.15) is 17.3 Å². The standard InChI is InChI=1S/C23H28O7/c1-16(24)8-9-17-6-5-7-18(10-17)23-19(12-22(25)28-4)11-20(29-14-26-2)13-21(23)30-15-27-3/h5-7,10-11,13H,8-9,12,14-15H2,1-4H3. The fraction of sp³-hybridized carbons (Fsp3) is 0.391. The van der Waals surface area contributed by atoms with Gasteiger partial charge >= 0.3 is 5.97 Å². The minimum absolute atomic E-state index is 0.0302. The molecule has 0 atom stereocenters. The van der Waals surface area contributed by atoms with E-state index in [1.807, 2.05) is 24.3 Å². The fourth-order valence-corrected chi connectivity index (χ4v) is 2.99. The minimum Gasteiger partial charge on any atom is -0.469 e. The van der Waals surface area contributed by atoms with Crippen molar-refractivity contribution in [2.75, 3.05) is 34.9 Å². The van der Waals surface area contributed by atoms with Crippen LogP contribution < -0.4 is 9.47 Å². The molecule has 0 aliphatic heterocycles. The molecule has 0 aliphatic carbocycles. The van der Waals surface area contributed by atoms with Gasteiger partial charge in [-0.1, -0.05) is 24.3 Å². The van der Waals surface area contributed by atoms with Gasteiger partial charge in [0.25, 0.3) is 0 Å². The van der Waals surface area contributed by atoms with Gasteiger partial charge in [0.2, 0.25) is 0 Å². The number of aryl methyl sites for hydroxylation is 1. The Morgan fingerprint density at radius 3 is 2.33 bits per heavy atom. The number of hydrogen-bond acceptors (Lipinski definition) is 7. The zero-order valence-corrected chi connectivity index (χ0v) is 17.9. The molecular weight excluding hydrogens is 388 g/mol. The first-order valence-corrected chi connectivity index (χ1v) is 9.54. The Morgan fingerprint density at radius 1 is 0.933 bits per heavy atom. The topological polar surface area (TPSA) is 80.3 Å². The molecule has 30 heavy (non-hydrogen) atoms. The zero-order valence-electron chi connectivity index (χ0n) is 17.9. The highest BCUT2D eigenvalue weighted by molar-refractivity contribution is 5.82. The van der Waals surface area contributed by atoms with Crippen molar-refractivity contribution in [1.29, 1.82) is 0 Å². The molecule has 0 aromatic heterocycles. The van der Waals surface area contributed by atoms with Gasteiger partial charge in [0, 0.05) is 32.3 Å². The number of hydrogen-bond donors (Lipinski definition) is 0. The molecule has 0 amide bonds. The molecule has 162 valence electrons. The second-order valence-electron chi connectivity index (χ2n) is 6.71. The Morgan fingerprint density at radius 2 is 1.67 bits per heavy atom. The molecule has 7 nitrogen and oxygen atoms in total. The molecule has 7 heteroatoms. The number of esters is 1. The lowest BCUT2D eigenvalue weighted by Crippen LogP contribution is -2.09. The van der Waals surface area contributed by atoms with Crippen molar-refractivity contribution in [3.8, 4) is 22.6 Å². The van der Waals surface area contributed by atoms with Crippen LogP contribution in [0.3, 0.4) is 0 Å². The summed E-state index contributed by atoms with van der Waals surface area (Å²) < 4.78 is 26.3. The van der Waals surface area contributed by atoms with Crippen LogP contribution in [-0.4, -0.2) is 46.7 Å². The summed E-state index contributed by atoms with van der Waals surface area (Å²) in [6, 6.07) is 11.3. The largest absolute Gasteiger partial charge is 0.469 e. The van der Waals surface area contributed by atoms with Crippen molar-refractivity contribution in [3.63, 3.8) is 0 Å². The summed E-state index contributed by atoms with van der Waals surface area (Å²) >= 11 is 0. The quantitative estimate of drug-likeness (QED) is 0.387. The summed E-state index contributed by atoms with van der Waals surface area (Å²) in [5.74, 6) is 0.757. The maximum absolute atomic E-state index is 12.1. The number of carbonyl (C=O) groups excluding carboxylic acids is 2. The van der Waals surface area contributed by atoms with Gasteiger partial charge in [-0.15, -0.1) is 0 Å². The molecular formula is C23H28O7. The Balaban J connectivity index is 2.56. The molecule has 0 radical (unpaired) electrons. The van der Waals surface area contributed by atoms with E-state index in [1.165, 1.54) is 21.3 Å². The lowest BCUT2D eigenvalue weighted by atomic mass is 9.94. The summed E-state index contributed by atoms with van der Waals surface area (Å²) in [6.45, 7) is 1.66. The van der Waals surface area contributed by atoms with Crippen LogP contribution in [0.1, 0.15) is 24.5 Å². The van der Waals surface area contributed by atoms with E-state index in [9.17, 15) is 9.59 Å². The smallest absolute Gasteiger partial charge is 0.310 e. The third-order valence-corrected chi connectivity index (χ3v) is 4.38. The van der Waals surface area contributed by atoms with Crippen molar-refractivity contribution in [3.05, 3.63) is 47.5 Å². The van der Waals surface area contributed by atoms with Crippen LogP contribution in [0.4, 0.5) is 0 Å². The Kier molecular flexibility index (Phi) is 9.31. The van der Waals surface area contributed by atoms with Gasteiger partial charge in [-0.3, -0.25) is 4.79 Å². The highest BCUT2D eigenvalue weighted by Crippen LogP contribution is 2.38. The Bertz CT molecular complexity index is 861. The van der Waals surface area contributed by atoms with E-state index in [2.05, 4.69) is 0 Å². The van der Waals surface area contributed by atoms with Crippen LogP contribution in [0.2, 0.25) is 0 Å². The maximum atomic E-state index is 12.1. The average molecular weight is 416 g/mol. The Hall–Kier alpha value is -2.90. The lowest BCUT2D eigenvalue weighted by molar-refractivity contribution is -0.139. The van der Waals surface area contributed by atoms with Gasteiger partial charge in [-0.05, 0) is 36.1 Å². The van der Waals surface area contributed by atoms with Gasteiger partial charge in [0.15, 0.2) is 13.6 Å². The van der Waals surface area contributed by atoms with Crippen molar-refractivity contribution in [2.24, 2.45) is 0 Å². The van der Waals surface area contributed by atoms with Crippen molar-refractivity contribution < 1.29 is 33.3 Å². The molecule has 2 rings (SSSR count). The molecule has 0 heterocycles. The maximum Gasteiger partial charge on any atom is 0.310 e. The monoisotopic (exact) mass is 416 g/mol. The molecule has 0 saturated carbocycles. The SMILES string of the molecule is COCOc1cc(CC(=O)OC)c(-c2cccc(CCC(C)=O)c2)c(OCOC)c1. The normalized spacial score (nSPS) is 10.5.